The summed E-state index contributed by atoms with van der Waals surface area (Å²) in [5.41, 5.74) is 0.0308. The first-order chi connectivity index (χ1) is 6.33. The molecule has 0 saturated carbocycles. The lowest BCUT2D eigenvalue weighted by Crippen LogP contribution is -2.50. The van der Waals surface area contributed by atoms with Crippen molar-refractivity contribution >= 4 is 0 Å². The van der Waals surface area contributed by atoms with Gasteiger partial charge < -0.3 is 4.74 Å². The molecular formula is C11H23NO. The molecule has 78 valence electrons. The minimum absolute atomic E-state index is 0.0308. The Morgan fingerprint density at radius 3 is 2.62 bits per heavy atom. The summed E-state index contributed by atoms with van der Waals surface area (Å²) >= 11 is 0. The molecule has 0 spiro atoms. The molecule has 1 fully saturated rings. The van der Waals surface area contributed by atoms with Crippen LogP contribution in [0.2, 0.25) is 0 Å². The largest absolute Gasteiger partial charge is 0.361 e. The summed E-state index contributed by atoms with van der Waals surface area (Å²) in [6.07, 6.45) is 7.30. The van der Waals surface area contributed by atoms with Gasteiger partial charge in [0.2, 0.25) is 0 Å². The molecule has 1 atom stereocenters. The average Bonchev–Trinajstić information content (AvgIpc) is 2.17. The van der Waals surface area contributed by atoms with E-state index in [2.05, 4.69) is 19.2 Å². The molecule has 0 amide bonds. The molecule has 0 aromatic heterocycles. The predicted octanol–water partition coefficient (Wildman–Crippen LogP) is 2.68. The Morgan fingerprint density at radius 2 is 2.08 bits per heavy atom. The van der Waals surface area contributed by atoms with E-state index in [1.807, 2.05) is 0 Å². The van der Waals surface area contributed by atoms with Gasteiger partial charge in [0, 0.05) is 6.61 Å². The number of piperidine rings is 1. The van der Waals surface area contributed by atoms with E-state index in [0.29, 0.717) is 0 Å². The molecule has 2 nitrogen and oxygen atoms in total. The van der Waals surface area contributed by atoms with E-state index >= 15 is 0 Å². The van der Waals surface area contributed by atoms with Crippen LogP contribution in [0.5, 0.6) is 0 Å². The molecule has 0 bridgehead atoms. The van der Waals surface area contributed by atoms with Crippen LogP contribution in [0, 0.1) is 0 Å². The van der Waals surface area contributed by atoms with Gasteiger partial charge in [-0.25, -0.2) is 0 Å². The highest BCUT2D eigenvalue weighted by atomic mass is 16.5. The van der Waals surface area contributed by atoms with E-state index in [-0.39, 0.29) is 5.72 Å². The van der Waals surface area contributed by atoms with Crippen LogP contribution in [0.4, 0.5) is 0 Å². The number of ether oxygens (including phenoxy) is 1. The van der Waals surface area contributed by atoms with E-state index in [4.69, 9.17) is 4.74 Å². The topological polar surface area (TPSA) is 21.3 Å². The third-order valence-electron chi connectivity index (χ3n) is 2.69. The van der Waals surface area contributed by atoms with Gasteiger partial charge in [-0.1, -0.05) is 20.3 Å². The van der Waals surface area contributed by atoms with Crippen LogP contribution < -0.4 is 5.32 Å². The second-order valence-electron chi connectivity index (χ2n) is 3.98. The number of hydrogen-bond donors (Lipinski definition) is 1. The highest BCUT2D eigenvalue weighted by Crippen LogP contribution is 2.25. The molecule has 1 saturated heterocycles. The van der Waals surface area contributed by atoms with Gasteiger partial charge in [0.25, 0.3) is 0 Å². The van der Waals surface area contributed by atoms with Gasteiger partial charge >= 0.3 is 0 Å². The van der Waals surface area contributed by atoms with Crippen molar-refractivity contribution in [1.29, 1.82) is 0 Å². The van der Waals surface area contributed by atoms with Crippen LogP contribution >= 0.6 is 0 Å². The first-order valence-corrected chi connectivity index (χ1v) is 5.72. The zero-order valence-corrected chi connectivity index (χ0v) is 9.07. The molecule has 0 radical (unpaired) electrons. The van der Waals surface area contributed by atoms with Crippen molar-refractivity contribution in [3.05, 3.63) is 0 Å². The second kappa shape index (κ2) is 5.61. The maximum absolute atomic E-state index is 5.95. The fourth-order valence-electron chi connectivity index (χ4n) is 2.05. The molecule has 1 aliphatic rings. The van der Waals surface area contributed by atoms with Crippen LogP contribution in [0.3, 0.4) is 0 Å². The molecule has 1 aliphatic heterocycles. The van der Waals surface area contributed by atoms with E-state index in [9.17, 15) is 0 Å². The van der Waals surface area contributed by atoms with Crippen LogP contribution in [0.15, 0.2) is 0 Å². The number of nitrogens with one attached hydrogen (secondary N) is 1. The highest BCUT2D eigenvalue weighted by Gasteiger charge is 2.30. The number of rotatable bonds is 5. The lowest BCUT2D eigenvalue weighted by Gasteiger charge is -2.38. The molecule has 0 aromatic carbocycles. The van der Waals surface area contributed by atoms with Gasteiger partial charge in [-0.3, -0.25) is 5.32 Å². The lowest BCUT2D eigenvalue weighted by molar-refractivity contribution is -0.0933. The van der Waals surface area contributed by atoms with Crippen LogP contribution in [-0.4, -0.2) is 18.9 Å². The fraction of sp³-hybridized carbons (Fsp3) is 1.00. The van der Waals surface area contributed by atoms with Crippen LogP contribution in [0.25, 0.3) is 0 Å². The number of hydrogen-bond acceptors (Lipinski definition) is 2. The SMILES string of the molecule is CCCOC1(CCC)CCCCN1. The standard InChI is InChI=1S/C11H23NO/c1-3-7-11(13-10-4-2)8-5-6-9-12-11/h12H,3-10H2,1-2H3. The summed E-state index contributed by atoms with van der Waals surface area (Å²) < 4.78 is 5.95. The Morgan fingerprint density at radius 1 is 1.23 bits per heavy atom. The zero-order valence-electron chi connectivity index (χ0n) is 9.07. The highest BCUT2D eigenvalue weighted by molar-refractivity contribution is 4.81. The van der Waals surface area contributed by atoms with E-state index < -0.39 is 0 Å². The van der Waals surface area contributed by atoms with Crippen LogP contribution in [-0.2, 0) is 4.74 Å². The molecule has 13 heavy (non-hydrogen) atoms. The monoisotopic (exact) mass is 185 g/mol. The Balaban J connectivity index is 2.40. The summed E-state index contributed by atoms with van der Waals surface area (Å²) in [6.45, 7) is 6.42. The van der Waals surface area contributed by atoms with Gasteiger partial charge in [-0.15, -0.1) is 0 Å². The maximum Gasteiger partial charge on any atom is 0.119 e. The molecule has 1 heterocycles. The molecule has 1 rings (SSSR count). The maximum atomic E-state index is 5.95. The van der Waals surface area contributed by atoms with Crippen LogP contribution in [0.1, 0.15) is 52.4 Å². The van der Waals surface area contributed by atoms with Crippen molar-refractivity contribution in [3.63, 3.8) is 0 Å². The molecule has 2 heteroatoms. The average molecular weight is 185 g/mol. The van der Waals surface area contributed by atoms with Crippen molar-refractivity contribution in [3.8, 4) is 0 Å². The van der Waals surface area contributed by atoms with Gasteiger partial charge in [0.1, 0.15) is 5.72 Å². The lowest BCUT2D eigenvalue weighted by atomic mass is 9.96. The molecule has 1 N–H and O–H groups in total. The Bertz CT molecular complexity index is 125. The minimum atomic E-state index is 0.0308. The van der Waals surface area contributed by atoms with Gasteiger partial charge in [-0.05, 0) is 38.6 Å². The van der Waals surface area contributed by atoms with E-state index in [0.717, 1.165) is 26.0 Å². The Kier molecular flexibility index (Phi) is 4.74. The van der Waals surface area contributed by atoms with E-state index in [1.54, 1.807) is 0 Å². The van der Waals surface area contributed by atoms with Crippen molar-refractivity contribution in [2.45, 2.75) is 58.1 Å². The minimum Gasteiger partial charge on any atom is -0.361 e. The third kappa shape index (κ3) is 3.28. The Hall–Kier alpha value is -0.0800. The first kappa shape index (κ1) is 11.0. The summed E-state index contributed by atoms with van der Waals surface area (Å²) in [5.74, 6) is 0. The normalized spacial score (nSPS) is 29.1. The fourth-order valence-corrected chi connectivity index (χ4v) is 2.05. The predicted molar refractivity (Wildman–Crippen MR) is 55.7 cm³/mol. The van der Waals surface area contributed by atoms with Gasteiger partial charge in [0.05, 0.1) is 0 Å². The quantitative estimate of drug-likeness (QED) is 0.711. The third-order valence-corrected chi connectivity index (χ3v) is 2.69. The summed E-state index contributed by atoms with van der Waals surface area (Å²) in [7, 11) is 0. The Labute approximate surface area is 82.0 Å². The molecule has 0 aromatic rings. The summed E-state index contributed by atoms with van der Waals surface area (Å²) in [5, 5.41) is 3.55. The molecule has 1 unspecified atom stereocenters. The first-order valence-electron chi connectivity index (χ1n) is 5.72. The zero-order chi connectivity index (χ0) is 9.57. The van der Waals surface area contributed by atoms with Crippen molar-refractivity contribution in [2.24, 2.45) is 0 Å². The van der Waals surface area contributed by atoms with Gasteiger partial charge in [-0.2, -0.15) is 0 Å². The van der Waals surface area contributed by atoms with Gasteiger partial charge in [0.15, 0.2) is 0 Å². The van der Waals surface area contributed by atoms with E-state index in [1.165, 1.54) is 25.7 Å². The molecule has 0 aliphatic carbocycles. The second-order valence-corrected chi connectivity index (χ2v) is 3.98. The van der Waals surface area contributed by atoms with Crippen molar-refractivity contribution in [1.82, 2.24) is 5.32 Å². The van der Waals surface area contributed by atoms with Crippen molar-refractivity contribution in [2.75, 3.05) is 13.2 Å². The summed E-state index contributed by atoms with van der Waals surface area (Å²) in [6, 6.07) is 0. The summed E-state index contributed by atoms with van der Waals surface area (Å²) in [4.78, 5) is 0. The molecular weight excluding hydrogens is 162 g/mol. The van der Waals surface area contributed by atoms with Crippen molar-refractivity contribution < 1.29 is 4.74 Å². The smallest absolute Gasteiger partial charge is 0.119 e.